The minimum Gasteiger partial charge on any atom is -0.489 e. The van der Waals surface area contributed by atoms with E-state index in [0.717, 1.165) is 43.6 Å². The van der Waals surface area contributed by atoms with Gasteiger partial charge in [0.2, 0.25) is 0 Å². The summed E-state index contributed by atoms with van der Waals surface area (Å²) in [6.07, 6.45) is -2.57. The molecule has 3 aromatic rings. The van der Waals surface area contributed by atoms with Crippen LogP contribution in [-0.2, 0) is 12.8 Å². The van der Waals surface area contributed by atoms with E-state index in [0.29, 0.717) is 23.7 Å². The Kier molecular flexibility index (Phi) is 6.72. The van der Waals surface area contributed by atoms with Crippen molar-refractivity contribution in [3.63, 3.8) is 0 Å². The van der Waals surface area contributed by atoms with Crippen molar-refractivity contribution in [2.45, 2.75) is 25.6 Å². The largest absolute Gasteiger partial charge is 0.489 e. The Morgan fingerprint density at radius 1 is 0.909 bits per heavy atom. The van der Waals surface area contributed by atoms with Crippen LogP contribution in [0.15, 0.2) is 72.8 Å². The van der Waals surface area contributed by atoms with Crippen LogP contribution in [0.3, 0.4) is 0 Å². The zero-order valence-electron chi connectivity index (χ0n) is 17.9. The number of hydrogen-bond donors (Lipinski definition) is 2. The quantitative estimate of drug-likeness (QED) is 0.444. The van der Waals surface area contributed by atoms with Gasteiger partial charge in [-0.2, -0.15) is 13.2 Å². The van der Waals surface area contributed by atoms with Crippen molar-refractivity contribution in [3.05, 3.63) is 83.9 Å². The molecule has 0 spiro atoms. The molecule has 3 aromatic carbocycles. The van der Waals surface area contributed by atoms with Crippen molar-refractivity contribution in [1.29, 1.82) is 0 Å². The van der Waals surface area contributed by atoms with Gasteiger partial charge in [0.05, 0.1) is 16.9 Å². The summed E-state index contributed by atoms with van der Waals surface area (Å²) < 4.78 is 45.4. The second-order valence-corrected chi connectivity index (χ2v) is 7.80. The number of rotatable bonds is 6. The number of carbonyl (C=O) groups is 1. The van der Waals surface area contributed by atoms with Crippen molar-refractivity contribution in [2.24, 2.45) is 0 Å². The molecule has 1 heterocycles. The van der Waals surface area contributed by atoms with E-state index < -0.39 is 17.8 Å². The zero-order chi connectivity index (χ0) is 23.3. The normalized spacial score (nSPS) is 13.6. The van der Waals surface area contributed by atoms with E-state index in [9.17, 15) is 18.0 Å². The van der Waals surface area contributed by atoms with Crippen LogP contribution in [-0.4, -0.2) is 19.1 Å². The molecule has 1 aliphatic rings. The third-order valence-electron chi connectivity index (χ3n) is 5.38. The highest BCUT2D eigenvalue weighted by atomic mass is 19.4. The van der Waals surface area contributed by atoms with Gasteiger partial charge >= 0.3 is 12.2 Å². The molecule has 1 saturated heterocycles. The van der Waals surface area contributed by atoms with Gasteiger partial charge < -0.3 is 20.3 Å². The molecule has 0 bridgehead atoms. The van der Waals surface area contributed by atoms with Gasteiger partial charge in [0.15, 0.2) is 0 Å². The lowest BCUT2D eigenvalue weighted by Gasteiger charge is -2.23. The third-order valence-corrected chi connectivity index (χ3v) is 5.38. The Balaban J connectivity index is 1.41. The molecule has 0 atom stereocenters. The van der Waals surface area contributed by atoms with E-state index in [1.54, 1.807) is 24.3 Å². The number of amides is 2. The molecule has 2 N–H and O–H groups in total. The standard InChI is InChI=1S/C25H24F3N3O2/c26-25(27,28)19-8-13-23(31-14-4-5-15-31)22(16-19)30-24(32)29-20-9-11-21(12-10-20)33-17-18-6-2-1-3-7-18/h1-3,6-13,16H,4-5,14-15,17H2,(H2,29,30,32). The van der Waals surface area contributed by atoms with Crippen molar-refractivity contribution < 1.29 is 22.7 Å². The zero-order valence-corrected chi connectivity index (χ0v) is 17.9. The number of alkyl halides is 3. The minimum atomic E-state index is -4.49. The average molecular weight is 455 g/mol. The molecule has 4 rings (SSSR count). The van der Waals surface area contributed by atoms with Crippen LogP contribution in [0.2, 0.25) is 0 Å². The monoisotopic (exact) mass is 455 g/mol. The summed E-state index contributed by atoms with van der Waals surface area (Å²) in [4.78, 5) is 14.5. The summed E-state index contributed by atoms with van der Waals surface area (Å²) in [6.45, 7) is 1.90. The Morgan fingerprint density at radius 2 is 1.61 bits per heavy atom. The van der Waals surface area contributed by atoms with Crippen LogP contribution in [0.25, 0.3) is 0 Å². The summed E-state index contributed by atoms with van der Waals surface area (Å²) in [5, 5.41) is 5.25. The molecular formula is C25H24F3N3O2. The number of nitrogens with zero attached hydrogens (tertiary/aromatic N) is 1. The van der Waals surface area contributed by atoms with Crippen LogP contribution in [0.4, 0.5) is 35.0 Å². The van der Waals surface area contributed by atoms with Crippen molar-refractivity contribution in [1.82, 2.24) is 0 Å². The summed E-state index contributed by atoms with van der Waals surface area (Å²) in [6, 6.07) is 19.3. The summed E-state index contributed by atoms with van der Waals surface area (Å²) in [5.74, 6) is 0.638. The molecule has 2 amide bonds. The molecule has 0 aliphatic carbocycles. The summed E-state index contributed by atoms with van der Waals surface area (Å²) in [5.41, 5.74) is 1.44. The maximum Gasteiger partial charge on any atom is 0.416 e. The van der Waals surface area contributed by atoms with E-state index in [1.807, 2.05) is 35.2 Å². The molecule has 0 aromatic heterocycles. The highest BCUT2D eigenvalue weighted by molar-refractivity contribution is 6.02. The van der Waals surface area contributed by atoms with Gasteiger partial charge in [-0.25, -0.2) is 4.79 Å². The van der Waals surface area contributed by atoms with Crippen LogP contribution in [0, 0.1) is 0 Å². The highest BCUT2D eigenvalue weighted by Crippen LogP contribution is 2.36. The van der Waals surface area contributed by atoms with Crippen LogP contribution in [0.5, 0.6) is 5.75 Å². The van der Waals surface area contributed by atoms with Gasteiger partial charge in [-0.1, -0.05) is 30.3 Å². The van der Waals surface area contributed by atoms with E-state index in [2.05, 4.69) is 10.6 Å². The Morgan fingerprint density at radius 3 is 2.27 bits per heavy atom. The fourth-order valence-electron chi connectivity index (χ4n) is 3.71. The van der Waals surface area contributed by atoms with Gasteiger partial charge in [0, 0.05) is 18.8 Å². The first-order chi connectivity index (χ1) is 15.9. The predicted molar refractivity (Wildman–Crippen MR) is 123 cm³/mol. The first-order valence-corrected chi connectivity index (χ1v) is 10.7. The molecular weight excluding hydrogens is 431 g/mol. The van der Waals surface area contributed by atoms with E-state index in [4.69, 9.17) is 4.74 Å². The Labute approximate surface area is 190 Å². The van der Waals surface area contributed by atoms with Crippen LogP contribution >= 0.6 is 0 Å². The average Bonchev–Trinajstić information content (AvgIpc) is 3.33. The van der Waals surface area contributed by atoms with E-state index in [1.165, 1.54) is 6.07 Å². The maximum atomic E-state index is 13.2. The fraction of sp³-hybridized carbons (Fsp3) is 0.240. The molecule has 0 radical (unpaired) electrons. The first kappa shape index (κ1) is 22.5. The number of carbonyl (C=O) groups excluding carboxylic acids is 1. The van der Waals surface area contributed by atoms with E-state index in [-0.39, 0.29) is 5.69 Å². The molecule has 1 aliphatic heterocycles. The van der Waals surface area contributed by atoms with Crippen LogP contribution < -0.4 is 20.3 Å². The highest BCUT2D eigenvalue weighted by Gasteiger charge is 2.32. The number of anilines is 3. The SMILES string of the molecule is O=C(Nc1ccc(OCc2ccccc2)cc1)Nc1cc(C(F)(F)F)ccc1N1CCCC1. The summed E-state index contributed by atoms with van der Waals surface area (Å²) >= 11 is 0. The van der Waals surface area contributed by atoms with Crippen molar-refractivity contribution in [2.75, 3.05) is 28.6 Å². The van der Waals surface area contributed by atoms with E-state index >= 15 is 0 Å². The maximum absolute atomic E-state index is 13.2. The number of benzene rings is 3. The topological polar surface area (TPSA) is 53.6 Å². The fourth-order valence-corrected chi connectivity index (χ4v) is 3.71. The van der Waals surface area contributed by atoms with Crippen molar-refractivity contribution in [3.8, 4) is 5.75 Å². The lowest BCUT2D eigenvalue weighted by molar-refractivity contribution is -0.137. The first-order valence-electron chi connectivity index (χ1n) is 10.7. The number of hydrogen-bond acceptors (Lipinski definition) is 3. The molecule has 8 heteroatoms. The molecule has 172 valence electrons. The van der Waals surface area contributed by atoms with Gasteiger partial charge in [-0.05, 0) is 60.9 Å². The second kappa shape index (κ2) is 9.85. The van der Waals surface area contributed by atoms with Gasteiger partial charge in [0.1, 0.15) is 12.4 Å². The number of urea groups is 1. The Hall–Kier alpha value is -3.68. The number of nitrogens with one attached hydrogen (secondary N) is 2. The van der Waals surface area contributed by atoms with Crippen LogP contribution in [0.1, 0.15) is 24.0 Å². The lowest BCUT2D eigenvalue weighted by Crippen LogP contribution is -2.24. The molecule has 1 fully saturated rings. The molecule has 0 unspecified atom stereocenters. The molecule has 5 nitrogen and oxygen atoms in total. The van der Waals surface area contributed by atoms with Gasteiger partial charge in [-0.15, -0.1) is 0 Å². The van der Waals surface area contributed by atoms with Gasteiger partial charge in [-0.3, -0.25) is 0 Å². The minimum absolute atomic E-state index is 0.132. The third kappa shape index (κ3) is 5.97. The predicted octanol–water partition coefficient (Wildman–Crippen LogP) is 6.53. The molecule has 0 saturated carbocycles. The van der Waals surface area contributed by atoms with Gasteiger partial charge in [0.25, 0.3) is 0 Å². The summed E-state index contributed by atoms with van der Waals surface area (Å²) in [7, 11) is 0. The lowest BCUT2D eigenvalue weighted by atomic mass is 10.1. The van der Waals surface area contributed by atoms with Crippen molar-refractivity contribution >= 4 is 23.1 Å². The second-order valence-electron chi connectivity index (χ2n) is 7.80. The molecule has 33 heavy (non-hydrogen) atoms. The Bertz CT molecular complexity index is 1080. The number of halogens is 3. The smallest absolute Gasteiger partial charge is 0.416 e. The number of ether oxygens (including phenoxy) is 1.